The van der Waals surface area contributed by atoms with E-state index in [1.165, 1.54) is 5.56 Å². The maximum Gasteiger partial charge on any atom is 0.203 e. The van der Waals surface area contributed by atoms with Crippen molar-refractivity contribution < 1.29 is 19.5 Å². The fraction of sp³-hybridized carbons (Fsp3) is 0.294. The predicted octanol–water partition coefficient (Wildman–Crippen LogP) is 1.85. The minimum Gasteiger partial charge on any atom is -0.493 e. The van der Waals surface area contributed by atoms with E-state index in [0.29, 0.717) is 23.9 Å². The standard InChI is InChI=1S/C17H21NO3/c1-19-15-9-6-10-16(20-2)17(15)21-12-11-18-13-14-7-4-3-5-8-14/h3-10,18H,11-13H2,1-2H3/p+1. The number of hydrogen-bond donors (Lipinski definition) is 1. The lowest BCUT2D eigenvalue weighted by Crippen LogP contribution is -2.83. The summed E-state index contributed by atoms with van der Waals surface area (Å²) < 4.78 is 16.4. The molecule has 0 radical (unpaired) electrons. The zero-order valence-electron chi connectivity index (χ0n) is 12.5. The summed E-state index contributed by atoms with van der Waals surface area (Å²) in [6.07, 6.45) is 0. The minimum atomic E-state index is 0.601. The lowest BCUT2D eigenvalue weighted by atomic mass is 10.2. The minimum absolute atomic E-state index is 0.601. The van der Waals surface area contributed by atoms with E-state index < -0.39 is 0 Å². The zero-order chi connectivity index (χ0) is 14.9. The first-order valence-corrected chi connectivity index (χ1v) is 7.04. The predicted molar refractivity (Wildman–Crippen MR) is 82.0 cm³/mol. The zero-order valence-corrected chi connectivity index (χ0v) is 12.5. The van der Waals surface area contributed by atoms with Gasteiger partial charge in [0.1, 0.15) is 19.7 Å². The molecular formula is C17H22NO3+. The molecule has 112 valence electrons. The molecule has 2 rings (SSSR count). The molecule has 0 saturated carbocycles. The van der Waals surface area contributed by atoms with Crippen LogP contribution in [0.4, 0.5) is 0 Å². The molecule has 0 aromatic heterocycles. The van der Waals surface area contributed by atoms with Gasteiger partial charge in [-0.3, -0.25) is 0 Å². The maximum atomic E-state index is 5.81. The summed E-state index contributed by atoms with van der Waals surface area (Å²) in [5, 5.41) is 2.22. The van der Waals surface area contributed by atoms with E-state index in [2.05, 4.69) is 29.6 Å². The molecule has 0 saturated heterocycles. The molecule has 2 aromatic rings. The first-order chi connectivity index (χ1) is 10.3. The van der Waals surface area contributed by atoms with Crippen molar-refractivity contribution >= 4 is 0 Å². The van der Waals surface area contributed by atoms with Gasteiger partial charge >= 0.3 is 0 Å². The van der Waals surface area contributed by atoms with E-state index >= 15 is 0 Å². The first kappa shape index (κ1) is 15.2. The third kappa shape index (κ3) is 4.39. The van der Waals surface area contributed by atoms with Gasteiger partial charge in [-0.1, -0.05) is 36.4 Å². The van der Waals surface area contributed by atoms with Crippen molar-refractivity contribution in [2.45, 2.75) is 6.54 Å². The Morgan fingerprint density at radius 1 is 0.857 bits per heavy atom. The van der Waals surface area contributed by atoms with Crippen LogP contribution in [0.25, 0.3) is 0 Å². The Morgan fingerprint density at radius 2 is 1.52 bits per heavy atom. The lowest BCUT2D eigenvalue weighted by Gasteiger charge is -2.13. The van der Waals surface area contributed by atoms with Gasteiger partial charge in [0, 0.05) is 5.56 Å². The van der Waals surface area contributed by atoms with Gasteiger partial charge in [-0.2, -0.15) is 0 Å². The van der Waals surface area contributed by atoms with Crippen LogP contribution >= 0.6 is 0 Å². The molecule has 4 heteroatoms. The van der Waals surface area contributed by atoms with E-state index in [1.807, 2.05) is 24.3 Å². The highest BCUT2D eigenvalue weighted by Gasteiger charge is 2.11. The van der Waals surface area contributed by atoms with Gasteiger partial charge in [0.25, 0.3) is 0 Å². The van der Waals surface area contributed by atoms with Crippen molar-refractivity contribution in [2.24, 2.45) is 0 Å². The Hall–Kier alpha value is -2.20. The second kappa shape index (κ2) is 8.17. The molecule has 0 spiro atoms. The molecule has 0 fully saturated rings. The van der Waals surface area contributed by atoms with Crippen LogP contribution in [0.1, 0.15) is 5.56 Å². The Balaban J connectivity index is 1.81. The van der Waals surface area contributed by atoms with Gasteiger partial charge in [-0.25, -0.2) is 0 Å². The molecule has 0 bridgehead atoms. The molecule has 4 nitrogen and oxygen atoms in total. The normalized spacial score (nSPS) is 10.2. The molecule has 0 aliphatic heterocycles. The summed E-state index contributed by atoms with van der Waals surface area (Å²) in [6, 6.07) is 16.0. The van der Waals surface area contributed by atoms with Crippen LogP contribution in [0.2, 0.25) is 0 Å². The van der Waals surface area contributed by atoms with E-state index in [0.717, 1.165) is 13.1 Å². The molecule has 0 unspecified atom stereocenters. The quantitative estimate of drug-likeness (QED) is 0.754. The van der Waals surface area contributed by atoms with Crippen LogP contribution in [0, 0.1) is 0 Å². The van der Waals surface area contributed by atoms with Gasteiger partial charge in [0.2, 0.25) is 5.75 Å². The highest BCUT2D eigenvalue weighted by Crippen LogP contribution is 2.36. The van der Waals surface area contributed by atoms with Crippen LogP contribution in [0.3, 0.4) is 0 Å². The second-order valence-corrected chi connectivity index (χ2v) is 4.61. The van der Waals surface area contributed by atoms with Gasteiger partial charge < -0.3 is 19.5 Å². The first-order valence-electron chi connectivity index (χ1n) is 7.04. The van der Waals surface area contributed by atoms with E-state index in [9.17, 15) is 0 Å². The SMILES string of the molecule is COc1cccc(OC)c1OCC[NH2+]Cc1ccccc1. The largest absolute Gasteiger partial charge is 0.493 e. The number of methoxy groups -OCH3 is 2. The Kier molecular flexibility index (Phi) is 5.91. The van der Waals surface area contributed by atoms with Crippen LogP contribution in [-0.4, -0.2) is 27.4 Å². The smallest absolute Gasteiger partial charge is 0.203 e. The summed E-state index contributed by atoms with van der Waals surface area (Å²) in [7, 11) is 3.26. The second-order valence-electron chi connectivity index (χ2n) is 4.61. The molecule has 2 N–H and O–H groups in total. The number of hydrogen-bond acceptors (Lipinski definition) is 3. The molecule has 0 aliphatic carbocycles. The number of quaternary nitrogens is 1. The summed E-state index contributed by atoms with van der Waals surface area (Å²) >= 11 is 0. The Labute approximate surface area is 125 Å². The number of para-hydroxylation sites is 1. The van der Waals surface area contributed by atoms with Gasteiger partial charge in [0.15, 0.2) is 11.5 Å². The van der Waals surface area contributed by atoms with Crippen LogP contribution in [-0.2, 0) is 6.54 Å². The maximum absolute atomic E-state index is 5.81. The summed E-state index contributed by atoms with van der Waals surface area (Å²) in [6.45, 7) is 2.42. The highest BCUT2D eigenvalue weighted by molar-refractivity contribution is 5.51. The fourth-order valence-corrected chi connectivity index (χ4v) is 2.09. The van der Waals surface area contributed by atoms with E-state index in [-0.39, 0.29) is 0 Å². The number of benzene rings is 2. The molecular weight excluding hydrogens is 266 g/mol. The highest BCUT2D eigenvalue weighted by atomic mass is 16.5. The van der Waals surface area contributed by atoms with Gasteiger partial charge in [0.05, 0.1) is 14.2 Å². The van der Waals surface area contributed by atoms with Crippen molar-refractivity contribution in [1.82, 2.24) is 0 Å². The monoisotopic (exact) mass is 288 g/mol. The van der Waals surface area contributed by atoms with Crippen LogP contribution in [0.5, 0.6) is 17.2 Å². The Morgan fingerprint density at radius 3 is 2.14 bits per heavy atom. The third-order valence-electron chi connectivity index (χ3n) is 3.17. The van der Waals surface area contributed by atoms with E-state index in [4.69, 9.17) is 14.2 Å². The molecule has 0 aliphatic rings. The number of rotatable bonds is 8. The number of ether oxygens (including phenoxy) is 3. The van der Waals surface area contributed by atoms with Crippen molar-refractivity contribution in [2.75, 3.05) is 27.4 Å². The third-order valence-corrected chi connectivity index (χ3v) is 3.17. The molecule has 0 heterocycles. The van der Waals surface area contributed by atoms with Crippen LogP contribution in [0.15, 0.2) is 48.5 Å². The number of nitrogens with two attached hydrogens (primary N) is 1. The summed E-state index contributed by atoms with van der Waals surface area (Å²) in [5.41, 5.74) is 1.31. The average molecular weight is 288 g/mol. The van der Waals surface area contributed by atoms with Crippen molar-refractivity contribution in [3.8, 4) is 17.2 Å². The van der Waals surface area contributed by atoms with Crippen molar-refractivity contribution in [1.29, 1.82) is 0 Å². The Bertz CT molecular complexity index is 521. The van der Waals surface area contributed by atoms with Crippen molar-refractivity contribution in [3.05, 3.63) is 54.1 Å². The van der Waals surface area contributed by atoms with E-state index in [1.54, 1.807) is 14.2 Å². The van der Waals surface area contributed by atoms with Crippen molar-refractivity contribution in [3.63, 3.8) is 0 Å². The average Bonchev–Trinajstić information content (AvgIpc) is 2.55. The molecule has 0 atom stereocenters. The van der Waals surface area contributed by atoms with Crippen LogP contribution < -0.4 is 19.5 Å². The van der Waals surface area contributed by atoms with Gasteiger partial charge in [-0.15, -0.1) is 0 Å². The molecule has 0 amide bonds. The fourth-order valence-electron chi connectivity index (χ4n) is 2.09. The molecule has 2 aromatic carbocycles. The topological polar surface area (TPSA) is 44.3 Å². The summed E-state index contributed by atoms with van der Waals surface area (Å²) in [4.78, 5) is 0. The van der Waals surface area contributed by atoms with Gasteiger partial charge in [-0.05, 0) is 12.1 Å². The summed E-state index contributed by atoms with van der Waals surface area (Å²) in [5.74, 6) is 2.05. The lowest BCUT2D eigenvalue weighted by molar-refractivity contribution is -0.671. The molecule has 21 heavy (non-hydrogen) atoms.